The van der Waals surface area contributed by atoms with Gasteiger partial charge in [0.15, 0.2) is 18.1 Å². The van der Waals surface area contributed by atoms with E-state index in [9.17, 15) is 0 Å². The number of hydrogen-bond donors (Lipinski definition) is 1. The fourth-order valence-corrected chi connectivity index (χ4v) is 1.88. The Morgan fingerprint density at radius 1 is 1.30 bits per heavy atom. The Morgan fingerprint density at radius 2 is 2.15 bits per heavy atom. The average Bonchev–Trinajstić information content (AvgIpc) is 2.84. The molecule has 0 atom stereocenters. The summed E-state index contributed by atoms with van der Waals surface area (Å²) in [6.07, 6.45) is 0.724. The van der Waals surface area contributed by atoms with Crippen molar-refractivity contribution >= 4 is 0 Å². The molecular weight excluding hydrogens is 258 g/mol. The third kappa shape index (κ3) is 3.48. The largest absolute Gasteiger partial charge is 0.490 e. The SMILES string of the molecule is CCOc1cccc(CCN)c1OCc1noc(C)n1. The van der Waals surface area contributed by atoms with Crippen LogP contribution in [0.5, 0.6) is 11.5 Å². The Kier molecular flexibility index (Phi) is 4.95. The number of para-hydroxylation sites is 1. The van der Waals surface area contributed by atoms with E-state index >= 15 is 0 Å². The van der Waals surface area contributed by atoms with Crippen LogP contribution in [0.3, 0.4) is 0 Å². The van der Waals surface area contributed by atoms with Crippen molar-refractivity contribution in [1.82, 2.24) is 10.1 Å². The fraction of sp³-hybridized carbons (Fsp3) is 0.429. The molecule has 0 amide bonds. The summed E-state index contributed by atoms with van der Waals surface area (Å²) in [6.45, 7) is 5.03. The van der Waals surface area contributed by atoms with E-state index in [4.69, 9.17) is 19.7 Å². The maximum absolute atomic E-state index is 5.81. The van der Waals surface area contributed by atoms with Gasteiger partial charge in [0.2, 0.25) is 11.7 Å². The van der Waals surface area contributed by atoms with E-state index in [1.165, 1.54) is 0 Å². The highest BCUT2D eigenvalue weighted by Crippen LogP contribution is 2.32. The van der Waals surface area contributed by atoms with Crippen LogP contribution in [0.25, 0.3) is 0 Å². The van der Waals surface area contributed by atoms with Gasteiger partial charge < -0.3 is 19.7 Å². The molecule has 0 spiro atoms. The second-order valence-corrected chi connectivity index (χ2v) is 4.23. The van der Waals surface area contributed by atoms with E-state index in [-0.39, 0.29) is 6.61 Å². The van der Waals surface area contributed by atoms with E-state index in [0.717, 1.165) is 12.0 Å². The van der Waals surface area contributed by atoms with Gasteiger partial charge in [-0.15, -0.1) is 0 Å². The zero-order valence-corrected chi connectivity index (χ0v) is 11.8. The van der Waals surface area contributed by atoms with Gasteiger partial charge in [-0.1, -0.05) is 17.3 Å². The van der Waals surface area contributed by atoms with E-state index in [2.05, 4.69) is 10.1 Å². The summed E-state index contributed by atoms with van der Waals surface area (Å²) in [7, 11) is 0. The van der Waals surface area contributed by atoms with Crippen LogP contribution in [-0.4, -0.2) is 23.3 Å². The van der Waals surface area contributed by atoms with Gasteiger partial charge in [0, 0.05) is 6.92 Å². The van der Waals surface area contributed by atoms with E-state index in [1.807, 2.05) is 25.1 Å². The van der Waals surface area contributed by atoms with Crippen LogP contribution in [0.15, 0.2) is 22.7 Å². The highest BCUT2D eigenvalue weighted by atomic mass is 16.5. The van der Waals surface area contributed by atoms with Crippen LogP contribution >= 0.6 is 0 Å². The van der Waals surface area contributed by atoms with Gasteiger partial charge in [-0.2, -0.15) is 4.98 Å². The molecule has 1 aromatic heterocycles. The van der Waals surface area contributed by atoms with Crippen LogP contribution in [0.2, 0.25) is 0 Å². The Balaban J connectivity index is 2.18. The summed E-state index contributed by atoms with van der Waals surface area (Å²) in [5.41, 5.74) is 6.64. The van der Waals surface area contributed by atoms with E-state index < -0.39 is 0 Å². The molecule has 108 valence electrons. The molecule has 2 aromatic rings. The number of nitrogens with two attached hydrogens (primary N) is 1. The Labute approximate surface area is 117 Å². The van der Waals surface area contributed by atoms with Crippen molar-refractivity contribution in [2.45, 2.75) is 26.9 Å². The normalized spacial score (nSPS) is 10.6. The summed E-state index contributed by atoms with van der Waals surface area (Å²) >= 11 is 0. The van der Waals surface area contributed by atoms with Crippen molar-refractivity contribution in [3.63, 3.8) is 0 Å². The topological polar surface area (TPSA) is 83.4 Å². The molecule has 0 aliphatic carbocycles. The first-order chi connectivity index (χ1) is 9.74. The molecule has 0 unspecified atom stereocenters. The third-order valence-electron chi connectivity index (χ3n) is 2.69. The first-order valence-corrected chi connectivity index (χ1v) is 6.61. The highest BCUT2D eigenvalue weighted by molar-refractivity contribution is 5.46. The number of aromatic nitrogens is 2. The Morgan fingerprint density at radius 3 is 2.80 bits per heavy atom. The molecule has 0 radical (unpaired) electrons. The van der Waals surface area contributed by atoms with Crippen molar-refractivity contribution in [3.8, 4) is 11.5 Å². The van der Waals surface area contributed by atoms with Gasteiger partial charge >= 0.3 is 0 Å². The molecule has 1 aromatic carbocycles. The lowest BCUT2D eigenvalue weighted by atomic mass is 10.1. The van der Waals surface area contributed by atoms with Crippen molar-refractivity contribution in [3.05, 3.63) is 35.5 Å². The Hall–Kier alpha value is -2.08. The molecule has 0 saturated heterocycles. The number of aryl methyl sites for hydroxylation is 1. The molecule has 0 fully saturated rings. The van der Waals surface area contributed by atoms with Gasteiger partial charge in [-0.3, -0.25) is 0 Å². The summed E-state index contributed by atoms with van der Waals surface area (Å²) in [5, 5.41) is 3.81. The molecule has 1 heterocycles. The van der Waals surface area contributed by atoms with E-state index in [0.29, 0.717) is 36.4 Å². The predicted molar refractivity (Wildman–Crippen MR) is 73.7 cm³/mol. The van der Waals surface area contributed by atoms with Crippen LogP contribution in [0.1, 0.15) is 24.2 Å². The second kappa shape index (κ2) is 6.91. The van der Waals surface area contributed by atoms with Gasteiger partial charge in [0.05, 0.1) is 6.61 Å². The van der Waals surface area contributed by atoms with Crippen LogP contribution < -0.4 is 15.2 Å². The minimum absolute atomic E-state index is 0.235. The smallest absolute Gasteiger partial charge is 0.223 e. The first kappa shape index (κ1) is 14.3. The standard InChI is InChI=1S/C14H19N3O3/c1-3-18-12-6-4-5-11(7-8-15)14(12)19-9-13-16-10(2)20-17-13/h4-6H,3,7-9,15H2,1-2H3. The monoisotopic (exact) mass is 277 g/mol. The second-order valence-electron chi connectivity index (χ2n) is 4.23. The highest BCUT2D eigenvalue weighted by Gasteiger charge is 2.12. The Bertz CT molecular complexity index is 530. The maximum atomic E-state index is 5.81. The number of hydrogen-bond acceptors (Lipinski definition) is 6. The van der Waals surface area contributed by atoms with Crippen LogP contribution in [-0.2, 0) is 13.0 Å². The molecule has 2 N–H and O–H groups in total. The molecule has 0 aliphatic rings. The fourth-order valence-electron chi connectivity index (χ4n) is 1.88. The van der Waals surface area contributed by atoms with Crippen LogP contribution in [0.4, 0.5) is 0 Å². The van der Waals surface area contributed by atoms with Crippen molar-refractivity contribution in [1.29, 1.82) is 0 Å². The summed E-state index contributed by atoms with van der Waals surface area (Å²) in [4.78, 5) is 4.11. The van der Waals surface area contributed by atoms with Gasteiger partial charge in [-0.05, 0) is 31.5 Å². The first-order valence-electron chi connectivity index (χ1n) is 6.61. The summed E-state index contributed by atoms with van der Waals surface area (Å²) in [5.74, 6) is 2.43. The molecule has 6 heteroatoms. The number of ether oxygens (including phenoxy) is 2. The summed E-state index contributed by atoms with van der Waals surface area (Å²) < 4.78 is 16.3. The average molecular weight is 277 g/mol. The van der Waals surface area contributed by atoms with Gasteiger partial charge in [-0.25, -0.2) is 0 Å². The third-order valence-corrected chi connectivity index (χ3v) is 2.69. The number of benzene rings is 1. The molecule has 0 saturated carbocycles. The number of nitrogens with zero attached hydrogens (tertiary/aromatic N) is 2. The van der Waals surface area contributed by atoms with E-state index in [1.54, 1.807) is 6.92 Å². The lowest BCUT2D eigenvalue weighted by molar-refractivity contribution is 0.256. The van der Waals surface area contributed by atoms with Gasteiger partial charge in [0.25, 0.3) is 0 Å². The maximum Gasteiger partial charge on any atom is 0.223 e. The minimum Gasteiger partial charge on any atom is -0.490 e. The van der Waals surface area contributed by atoms with Crippen LogP contribution in [0, 0.1) is 6.92 Å². The minimum atomic E-state index is 0.235. The lowest BCUT2D eigenvalue weighted by Gasteiger charge is -2.14. The summed E-state index contributed by atoms with van der Waals surface area (Å²) in [6, 6.07) is 5.79. The number of rotatable bonds is 7. The van der Waals surface area contributed by atoms with Crippen molar-refractivity contribution in [2.75, 3.05) is 13.2 Å². The molecular formula is C14H19N3O3. The molecule has 0 bridgehead atoms. The van der Waals surface area contributed by atoms with Crippen molar-refractivity contribution in [2.24, 2.45) is 5.73 Å². The zero-order valence-electron chi connectivity index (χ0n) is 11.8. The lowest BCUT2D eigenvalue weighted by Crippen LogP contribution is -2.07. The van der Waals surface area contributed by atoms with Crippen molar-refractivity contribution < 1.29 is 14.0 Å². The molecule has 2 rings (SSSR count). The quantitative estimate of drug-likeness (QED) is 0.831. The molecule has 20 heavy (non-hydrogen) atoms. The zero-order chi connectivity index (χ0) is 14.4. The molecule has 6 nitrogen and oxygen atoms in total. The molecule has 0 aliphatic heterocycles. The predicted octanol–water partition coefficient (Wildman–Crippen LogP) is 1.86. The van der Waals surface area contributed by atoms with Gasteiger partial charge in [0.1, 0.15) is 0 Å².